The molecule has 0 aliphatic rings. The van der Waals surface area contributed by atoms with Gasteiger partial charge in [-0.3, -0.25) is 4.79 Å². The summed E-state index contributed by atoms with van der Waals surface area (Å²) in [6.07, 6.45) is 7.86. The van der Waals surface area contributed by atoms with Gasteiger partial charge in [0, 0.05) is 12.0 Å². The minimum Gasteiger partial charge on any atom is -0.345 e. The van der Waals surface area contributed by atoms with Crippen LogP contribution < -0.4 is 11.1 Å². The Balaban J connectivity index is 3.58. The van der Waals surface area contributed by atoms with Crippen molar-refractivity contribution in [1.82, 2.24) is 5.32 Å². The van der Waals surface area contributed by atoms with Crippen LogP contribution in [0, 0.1) is 18.3 Å². The van der Waals surface area contributed by atoms with E-state index >= 15 is 0 Å². The molecule has 0 rings (SSSR count). The predicted octanol–water partition coefficient (Wildman–Crippen LogP) is 0.889. The molecule has 2 unspecified atom stereocenters. The standard InChI is InChI=1S/C11H20N2O/c1-4-8-13-11(14)9(2)6-5-7-10(3)12/h1,9-10H,5-8,12H2,2-3H3,(H,13,14). The molecule has 0 aliphatic carbocycles. The van der Waals surface area contributed by atoms with E-state index in [2.05, 4.69) is 11.2 Å². The fourth-order valence-electron chi connectivity index (χ4n) is 1.19. The van der Waals surface area contributed by atoms with Crippen LogP contribution in [0.1, 0.15) is 33.1 Å². The largest absolute Gasteiger partial charge is 0.345 e. The molecular formula is C11H20N2O. The van der Waals surface area contributed by atoms with Crippen molar-refractivity contribution in [2.45, 2.75) is 39.2 Å². The maximum atomic E-state index is 11.3. The topological polar surface area (TPSA) is 55.1 Å². The molecule has 0 bridgehead atoms. The first-order valence-corrected chi connectivity index (χ1v) is 5.04. The van der Waals surface area contributed by atoms with Crippen LogP contribution >= 0.6 is 0 Å². The first-order valence-electron chi connectivity index (χ1n) is 5.04. The zero-order valence-electron chi connectivity index (χ0n) is 9.05. The van der Waals surface area contributed by atoms with Crippen LogP contribution in [0.25, 0.3) is 0 Å². The van der Waals surface area contributed by atoms with Crippen LogP contribution in [0.4, 0.5) is 0 Å². The molecule has 3 nitrogen and oxygen atoms in total. The van der Waals surface area contributed by atoms with Crippen LogP contribution in [0.2, 0.25) is 0 Å². The van der Waals surface area contributed by atoms with Gasteiger partial charge in [0.15, 0.2) is 0 Å². The Morgan fingerprint density at radius 2 is 2.14 bits per heavy atom. The third kappa shape index (κ3) is 6.50. The van der Waals surface area contributed by atoms with Crippen LogP contribution in [0.15, 0.2) is 0 Å². The Labute approximate surface area is 86.4 Å². The van der Waals surface area contributed by atoms with Crippen molar-refractivity contribution in [2.24, 2.45) is 11.7 Å². The molecule has 3 N–H and O–H groups in total. The van der Waals surface area contributed by atoms with Crippen LogP contribution in [0.5, 0.6) is 0 Å². The summed E-state index contributed by atoms with van der Waals surface area (Å²) in [5.41, 5.74) is 5.61. The average Bonchev–Trinajstić information content (AvgIpc) is 2.13. The van der Waals surface area contributed by atoms with Gasteiger partial charge in [-0.05, 0) is 19.8 Å². The van der Waals surface area contributed by atoms with E-state index in [0.29, 0.717) is 6.54 Å². The number of nitrogens with two attached hydrogens (primary N) is 1. The summed E-state index contributed by atoms with van der Waals surface area (Å²) in [4.78, 5) is 11.3. The quantitative estimate of drug-likeness (QED) is 0.620. The molecule has 0 aromatic carbocycles. The Morgan fingerprint density at radius 3 is 2.64 bits per heavy atom. The van der Waals surface area contributed by atoms with Crippen molar-refractivity contribution in [3.63, 3.8) is 0 Å². The maximum absolute atomic E-state index is 11.3. The molecule has 0 aromatic rings. The Morgan fingerprint density at radius 1 is 1.50 bits per heavy atom. The molecule has 0 saturated heterocycles. The summed E-state index contributed by atoms with van der Waals surface area (Å²) in [5.74, 6) is 2.44. The van der Waals surface area contributed by atoms with Gasteiger partial charge in [-0.15, -0.1) is 6.42 Å². The first-order chi connectivity index (χ1) is 6.57. The van der Waals surface area contributed by atoms with Crippen LogP contribution in [-0.4, -0.2) is 18.5 Å². The molecule has 0 saturated carbocycles. The second-order valence-electron chi connectivity index (χ2n) is 3.73. The Hall–Kier alpha value is -1.01. The summed E-state index contributed by atoms with van der Waals surface area (Å²) >= 11 is 0. The van der Waals surface area contributed by atoms with E-state index in [1.807, 2.05) is 13.8 Å². The number of carbonyl (C=O) groups excluding carboxylic acids is 1. The summed E-state index contributed by atoms with van der Waals surface area (Å²) in [6, 6.07) is 0.218. The highest BCUT2D eigenvalue weighted by molar-refractivity contribution is 5.78. The van der Waals surface area contributed by atoms with Gasteiger partial charge in [0.1, 0.15) is 0 Å². The minimum atomic E-state index is 0.0297. The number of amides is 1. The lowest BCUT2D eigenvalue weighted by molar-refractivity contribution is -0.124. The average molecular weight is 196 g/mol. The van der Waals surface area contributed by atoms with Crippen molar-refractivity contribution in [2.75, 3.05) is 6.54 Å². The molecule has 0 aromatic heterocycles. The van der Waals surface area contributed by atoms with Crippen molar-refractivity contribution in [3.05, 3.63) is 0 Å². The molecule has 0 aliphatic heterocycles. The molecular weight excluding hydrogens is 176 g/mol. The highest BCUT2D eigenvalue weighted by Gasteiger charge is 2.11. The van der Waals surface area contributed by atoms with Gasteiger partial charge in [-0.2, -0.15) is 0 Å². The normalized spacial score (nSPS) is 14.1. The van der Waals surface area contributed by atoms with Gasteiger partial charge in [-0.25, -0.2) is 0 Å². The Kier molecular flexibility index (Phi) is 6.87. The van der Waals surface area contributed by atoms with Crippen molar-refractivity contribution >= 4 is 5.91 Å². The molecule has 0 fully saturated rings. The summed E-state index contributed by atoms with van der Waals surface area (Å²) in [6.45, 7) is 4.20. The van der Waals surface area contributed by atoms with Crippen LogP contribution in [-0.2, 0) is 4.79 Å². The van der Waals surface area contributed by atoms with E-state index in [0.717, 1.165) is 19.3 Å². The zero-order chi connectivity index (χ0) is 11.0. The number of hydrogen-bond acceptors (Lipinski definition) is 2. The number of rotatable bonds is 6. The van der Waals surface area contributed by atoms with E-state index in [9.17, 15) is 4.79 Å². The molecule has 1 amide bonds. The van der Waals surface area contributed by atoms with E-state index in [1.165, 1.54) is 0 Å². The van der Waals surface area contributed by atoms with E-state index < -0.39 is 0 Å². The number of nitrogens with one attached hydrogen (secondary N) is 1. The lowest BCUT2D eigenvalue weighted by atomic mass is 10.0. The van der Waals surface area contributed by atoms with Gasteiger partial charge in [-0.1, -0.05) is 19.3 Å². The molecule has 0 radical (unpaired) electrons. The van der Waals surface area contributed by atoms with Crippen molar-refractivity contribution in [1.29, 1.82) is 0 Å². The summed E-state index contributed by atoms with van der Waals surface area (Å²) in [7, 11) is 0. The number of carbonyl (C=O) groups is 1. The molecule has 0 spiro atoms. The lowest BCUT2D eigenvalue weighted by Crippen LogP contribution is -2.29. The van der Waals surface area contributed by atoms with E-state index in [-0.39, 0.29) is 17.9 Å². The second-order valence-corrected chi connectivity index (χ2v) is 3.73. The monoisotopic (exact) mass is 196 g/mol. The molecule has 14 heavy (non-hydrogen) atoms. The fraction of sp³-hybridized carbons (Fsp3) is 0.727. The minimum absolute atomic E-state index is 0.0297. The van der Waals surface area contributed by atoms with Gasteiger partial charge in [0.05, 0.1) is 6.54 Å². The van der Waals surface area contributed by atoms with E-state index in [4.69, 9.17) is 12.2 Å². The van der Waals surface area contributed by atoms with E-state index in [1.54, 1.807) is 0 Å². The lowest BCUT2D eigenvalue weighted by Gasteiger charge is -2.11. The van der Waals surface area contributed by atoms with Gasteiger partial charge >= 0.3 is 0 Å². The second kappa shape index (κ2) is 7.40. The van der Waals surface area contributed by atoms with Gasteiger partial charge in [0.25, 0.3) is 0 Å². The fourth-order valence-corrected chi connectivity index (χ4v) is 1.19. The number of terminal acetylenes is 1. The highest BCUT2D eigenvalue weighted by Crippen LogP contribution is 2.08. The summed E-state index contributed by atoms with van der Waals surface area (Å²) in [5, 5.41) is 2.66. The zero-order valence-corrected chi connectivity index (χ0v) is 9.05. The molecule has 0 heterocycles. The first kappa shape index (κ1) is 13.0. The summed E-state index contributed by atoms with van der Waals surface area (Å²) < 4.78 is 0. The predicted molar refractivity (Wildman–Crippen MR) is 58.5 cm³/mol. The molecule has 3 heteroatoms. The molecule has 80 valence electrons. The van der Waals surface area contributed by atoms with Gasteiger partial charge in [0.2, 0.25) is 5.91 Å². The molecule has 2 atom stereocenters. The Bertz CT molecular complexity index is 206. The SMILES string of the molecule is C#CCNC(=O)C(C)CCCC(C)N. The van der Waals surface area contributed by atoms with Crippen LogP contribution in [0.3, 0.4) is 0 Å². The third-order valence-electron chi connectivity index (χ3n) is 2.11. The van der Waals surface area contributed by atoms with Gasteiger partial charge < -0.3 is 11.1 Å². The van der Waals surface area contributed by atoms with Crippen molar-refractivity contribution in [3.8, 4) is 12.3 Å². The van der Waals surface area contributed by atoms with Crippen molar-refractivity contribution < 1.29 is 4.79 Å². The smallest absolute Gasteiger partial charge is 0.223 e. The third-order valence-corrected chi connectivity index (χ3v) is 2.11. The number of hydrogen-bond donors (Lipinski definition) is 2. The highest BCUT2D eigenvalue weighted by atomic mass is 16.1. The maximum Gasteiger partial charge on any atom is 0.223 e.